The summed E-state index contributed by atoms with van der Waals surface area (Å²) < 4.78 is 16.0. The largest absolute Gasteiger partial charge is 0.322 e. The number of hydrogen-bond acceptors (Lipinski definition) is 4. The maximum atomic E-state index is 14.1. The van der Waals surface area contributed by atoms with E-state index in [1.54, 1.807) is 42.4 Å². The van der Waals surface area contributed by atoms with E-state index in [9.17, 15) is 9.18 Å². The van der Waals surface area contributed by atoms with E-state index in [1.807, 2.05) is 29.7 Å². The molecule has 2 aromatic heterocycles. The summed E-state index contributed by atoms with van der Waals surface area (Å²) in [6.07, 6.45) is 3.94. The predicted molar refractivity (Wildman–Crippen MR) is 123 cm³/mol. The van der Waals surface area contributed by atoms with Crippen molar-refractivity contribution < 1.29 is 9.18 Å². The number of aryl methyl sites for hydroxylation is 1. The Bertz CT molecular complexity index is 1220. The molecule has 0 fully saturated rings. The maximum absolute atomic E-state index is 14.1. The van der Waals surface area contributed by atoms with Crippen molar-refractivity contribution in [3.8, 4) is 0 Å². The number of halogens is 1. The van der Waals surface area contributed by atoms with Crippen molar-refractivity contribution in [1.29, 1.82) is 0 Å². The molecule has 1 amide bonds. The zero-order valence-corrected chi connectivity index (χ0v) is 18.2. The molecule has 0 radical (unpaired) electrons. The van der Waals surface area contributed by atoms with Gasteiger partial charge in [0.05, 0.1) is 22.9 Å². The Morgan fingerprint density at radius 2 is 1.94 bits per heavy atom. The monoisotopic (exact) mass is 434 g/mol. The van der Waals surface area contributed by atoms with Gasteiger partial charge >= 0.3 is 0 Å². The number of benzene rings is 2. The lowest BCUT2D eigenvalue weighted by Gasteiger charge is -2.20. The zero-order valence-electron chi connectivity index (χ0n) is 17.4. The second-order valence-electron chi connectivity index (χ2n) is 7.24. The van der Waals surface area contributed by atoms with E-state index in [0.29, 0.717) is 6.42 Å². The van der Waals surface area contributed by atoms with Crippen LogP contribution in [0.4, 0.5) is 10.1 Å². The number of amides is 1. The molecule has 0 aliphatic carbocycles. The van der Waals surface area contributed by atoms with Crippen molar-refractivity contribution in [2.45, 2.75) is 37.2 Å². The van der Waals surface area contributed by atoms with E-state index in [-0.39, 0.29) is 11.6 Å². The second-order valence-corrected chi connectivity index (χ2v) is 8.18. The lowest BCUT2D eigenvalue weighted by atomic mass is 10.1. The number of pyridine rings is 1. The van der Waals surface area contributed by atoms with Gasteiger partial charge in [-0.15, -0.1) is 0 Å². The van der Waals surface area contributed by atoms with Gasteiger partial charge in [-0.05, 0) is 42.7 Å². The average molecular weight is 435 g/mol. The predicted octanol–water partition coefficient (Wildman–Crippen LogP) is 5.76. The summed E-state index contributed by atoms with van der Waals surface area (Å²) in [6.45, 7) is 4.02. The first-order valence-corrected chi connectivity index (χ1v) is 11.1. The number of nitrogens with zero attached hydrogens (tertiary/aromatic N) is 3. The smallest absolute Gasteiger partial charge is 0.247 e. The standard InChI is InChI=1S/C24H23FN4OS/c1-3-21(23(30)27-19-11-7-6-10-18(19)25)29-22-14-26-13-12-20(22)28-24(29)31-15-17-9-5-4-8-16(17)2/h4-14,21H,3,15H2,1-2H3,(H,27,30)/t21-/m1/s1. The van der Waals surface area contributed by atoms with E-state index >= 15 is 0 Å². The van der Waals surface area contributed by atoms with Gasteiger partial charge in [0.1, 0.15) is 11.9 Å². The Labute approximate surface area is 184 Å². The van der Waals surface area contributed by atoms with Gasteiger partial charge in [0.25, 0.3) is 0 Å². The first-order chi connectivity index (χ1) is 15.1. The van der Waals surface area contributed by atoms with Crippen LogP contribution in [-0.2, 0) is 10.5 Å². The molecule has 2 aromatic carbocycles. The number of carbonyl (C=O) groups excluding carboxylic acids is 1. The topological polar surface area (TPSA) is 59.8 Å². The Balaban J connectivity index is 1.68. The third-order valence-electron chi connectivity index (χ3n) is 5.21. The van der Waals surface area contributed by atoms with Crippen LogP contribution in [0, 0.1) is 12.7 Å². The number of fused-ring (bicyclic) bond motifs is 1. The molecule has 0 bridgehead atoms. The Hall–Kier alpha value is -3.19. The van der Waals surface area contributed by atoms with E-state index < -0.39 is 11.9 Å². The highest BCUT2D eigenvalue weighted by molar-refractivity contribution is 7.98. The van der Waals surface area contributed by atoms with E-state index in [1.165, 1.54) is 17.2 Å². The van der Waals surface area contributed by atoms with E-state index in [0.717, 1.165) is 21.9 Å². The number of hydrogen-bond donors (Lipinski definition) is 1. The second kappa shape index (κ2) is 9.31. The summed E-state index contributed by atoms with van der Waals surface area (Å²) in [4.78, 5) is 22.2. The van der Waals surface area contributed by atoms with Crippen LogP contribution in [0.3, 0.4) is 0 Å². The van der Waals surface area contributed by atoms with E-state index in [2.05, 4.69) is 29.4 Å². The Morgan fingerprint density at radius 1 is 1.16 bits per heavy atom. The van der Waals surface area contributed by atoms with Crippen LogP contribution in [-0.4, -0.2) is 20.4 Å². The van der Waals surface area contributed by atoms with Crippen molar-refractivity contribution in [2.24, 2.45) is 0 Å². The molecular formula is C24H23FN4OS. The normalized spacial score (nSPS) is 12.1. The molecule has 1 atom stereocenters. The number of nitrogens with one attached hydrogen (secondary N) is 1. The molecular weight excluding hydrogens is 411 g/mol. The molecule has 2 heterocycles. The van der Waals surface area contributed by atoms with Gasteiger partial charge in [0, 0.05) is 11.9 Å². The minimum atomic E-state index is -0.548. The Kier molecular flexibility index (Phi) is 6.32. The molecule has 31 heavy (non-hydrogen) atoms. The molecule has 1 N–H and O–H groups in total. The molecule has 0 aliphatic rings. The van der Waals surface area contributed by atoms with Crippen molar-refractivity contribution >= 4 is 34.4 Å². The lowest BCUT2D eigenvalue weighted by Crippen LogP contribution is -2.26. The van der Waals surface area contributed by atoms with Gasteiger partial charge in [-0.2, -0.15) is 0 Å². The minimum absolute atomic E-state index is 0.169. The molecule has 0 saturated carbocycles. The van der Waals surface area contributed by atoms with Crippen LogP contribution < -0.4 is 5.32 Å². The van der Waals surface area contributed by atoms with Gasteiger partial charge in [-0.3, -0.25) is 9.78 Å². The average Bonchev–Trinajstić information content (AvgIpc) is 3.14. The molecule has 0 saturated heterocycles. The highest BCUT2D eigenvalue weighted by atomic mass is 32.2. The quantitative estimate of drug-likeness (QED) is 0.376. The number of para-hydroxylation sites is 1. The number of anilines is 1. The molecule has 0 unspecified atom stereocenters. The van der Waals surface area contributed by atoms with Gasteiger partial charge < -0.3 is 9.88 Å². The fraction of sp³-hybridized carbons (Fsp3) is 0.208. The summed E-state index contributed by atoms with van der Waals surface area (Å²) >= 11 is 1.58. The summed E-state index contributed by atoms with van der Waals surface area (Å²) in [5, 5.41) is 3.47. The van der Waals surface area contributed by atoms with Crippen LogP contribution in [0.15, 0.2) is 72.1 Å². The van der Waals surface area contributed by atoms with Gasteiger partial charge in [0.15, 0.2) is 5.16 Å². The molecule has 7 heteroatoms. The summed E-state index contributed by atoms with van der Waals surface area (Å²) in [6, 6.07) is 15.7. The van der Waals surface area contributed by atoms with Crippen molar-refractivity contribution in [3.63, 3.8) is 0 Å². The molecule has 158 valence electrons. The lowest BCUT2D eigenvalue weighted by molar-refractivity contribution is -0.119. The molecule has 5 nitrogen and oxygen atoms in total. The molecule has 4 rings (SSSR count). The van der Waals surface area contributed by atoms with Crippen LogP contribution in [0.2, 0.25) is 0 Å². The van der Waals surface area contributed by atoms with Crippen LogP contribution >= 0.6 is 11.8 Å². The number of rotatable bonds is 7. The van der Waals surface area contributed by atoms with Crippen molar-refractivity contribution in [2.75, 3.05) is 5.32 Å². The molecule has 0 spiro atoms. The molecule has 0 aliphatic heterocycles. The first kappa shape index (κ1) is 21.1. The zero-order chi connectivity index (χ0) is 21.8. The fourth-order valence-electron chi connectivity index (χ4n) is 3.50. The number of imidazole rings is 1. The summed E-state index contributed by atoms with van der Waals surface area (Å²) in [5.41, 5.74) is 4.16. The summed E-state index contributed by atoms with van der Waals surface area (Å²) in [7, 11) is 0. The SMILES string of the molecule is CC[C@H](C(=O)Nc1ccccc1F)n1c(SCc2ccccc2C)nc2ccncc21. The number of thioether (sulfide) groups is 1. The van der Waals surface area contributed by atoms with Crippen LogP contribution in [0.25, 0.3) is 11.0 Å². The Morgan fingerprint density at radius 3 is 2.71 bits per heavy atom. The number of aromatic nitrogens is 3. The van der Waals surface area contributed by atoms with Crippen molar-refractivity contribution in [3.05, 3.63) is 83.9 Å². The minimum Gasteiger partial charge on any atom is -0.322 e. The third kappa shape index (κ3) is 4.46. The molecule has 4 aromatic rings. The summed E-state index contributed by atoms with van der Waals surface area (Å²) in [5.74, 6) is -0.0140. The fourth-order valence-corrected chi connectivity index (χ4v) is 4.64. The van der Waals surface area contributed by atoms with Gasteiger partial charge in [0.2, 0.25) is 5.91 Å². The highest BCUT2D eigenvalue weighted by Gasteiger charge is 2.25. The van der Waals surface area contributed by atoms with Crippen molar-refractivity contribution in [1.82, 2.24) is 14.5 Å². The maximum Gasteiger partial charge on any atom is 0.247 e. The highest BCUT2D eigenvalue weighted by Crippen LogP contribution is 2.32. The third-order valence-corrected chi connectivity index (χ3v) is 6.21. The number of carbonyl (C=O) groups is 1. The van der Waals surface area contributed by atoms with Crippen LogP contribution in [0.1, 0.15) is 30.5 Å². The van der Waals surface area contributed by atoms with Crippen LogP contribution in [0.5, 0.6) is 0 Å². The first-order valence-electron chi connectivity index (χ1n) is 10.1. The van der Waals surface area contributed by atoms with Gasteiger partial charge in [-0.1, -0.05) is 55.1 Å². The van der Waals surface area contributed by atoms with Gasteiger partial charge in [-0.25, -0.2) is 9.37 Å². The van der Waals surface area contributed by atoms with E-state index in [4.69, 9.17) is 4.98 Å².